The van der Waals surface area contributed by atoms with Crippen LogP contribution in [0.2, 0.25) is 0 Å². The Bertz CT molecular complexity index is 642. The molecule has 1 fully saturated rings. The molecule has 1 heterocycles. The van der Waals surface area contributed by atoms with Crippen molar-refractivity contribution in [1.82, 2.24) is 0 Å². The fourth-order valence-corrected chi connectivity index (χ4v) is 1.91. The van der Waals surface area contributed by atoms with E-state index in [9.17, 15) is 4.79 Å². The van der Waals surface area contributed by atoms with Crippen LogP contribution in [-0.4, -0.2) is 24.3 Å². The molecule has 3 heteroatoms. The fourth-order valence-electron chi connectivity index (χ4n) is 1.91. The highest BCUT2D eigenvalue weighted by Gasteiger charge is 2.26. The van der Waals surface area contributed by atoms with Crippen molar-refractivity contribution in [2.75, 3.05) is 6.61 Å². The highest BCUT2D eigenvalue weighted by atomic mass is 16.6. The second kappa shape index (κ2) is 4.35. The molecule has 0 aliphatic carbocycles. The van der Waals surface area contributed by atoms with Crippen molar-refractivity contribution >= 4 is 22.4 Å². The zero-order chi connectivity index (χ0) is 12.5. The SMILES string of the molecule is C/C(=N\C(=O)c1ccc2ccccc2c1)C1CO1. The molecule has 1 unspecified atom stereocenters. The van der Waals surface area contributed by atoms with Crippen LogP contribution >= 0.6 is 0 Å². The van der Waals surface area contributed by atoms with Crippen LogP contribution in [0.1, 0.15) is 17.3 Å². The van der Waals surface area contributed by atoms with Gasteiger partial charge in [-0.05, 0) is 29.8 Å². The lowest BCUT2D eigenvalue weighted by Gasteiger charge is -2.00. The van der Waals surface area contributed by atoms with E-state index in [0.29, 0.717) is 12.2 Å². The molecule has 3 nitrogen and oxygen atoms in total. The van der Waals surface area contributed by atoms with E-state index in [0.717, 1.165) is 16.5 Å². The van der Waals surface area contributed by atoms with Crippen LogP contribution in [0.15, 0.2) is 47.5 Å². The van der Waals surface area contributed by atoms with Crippen molar-refractivity contribution in [1.29, 1.82) is 0 Å². The Hall–Kier alpha value is -2.00. The summed E-state index contributed by atoms with van der Waals surface area (Å²) in [5, 5.41) is 2.18. The third kappa shape index (κ3) is 2.17. The Kier molecular flexibility index (Phi) is 2.68. The maximum atomic E-state index is 12.0. The van der Waals surface area contributed by atoms with Crippen LogP contribution in [0.3, 0.4) is 0 Å². The van der Waals surface area contributed by atoms with Crippen LogP contribution in [0.4, 0.5) is 0 Å². The number of hydrogen-bond acceptors (Lipinski definition) is 2. The Labute approximate surface area is 105 Å². The van der Waals surface area contributed by atoms with Crippen molar-refractivity contribution in [2.45, 2.75) is 13.0 Å². The molecule has 1 amide bonds. The molecule has 3 rings (SSSR count). The molecular weight excluding hydrogens is 226 g/mol. The van der Waals surface area contributed by atoms with Crippen molar-refractivity contribution in [2.24, 2.45) is 4.99 Å². The van der Waals surface area contributed by atoms with E-state index >= 15 is 0 Å². The van der Waals surface area contributed by atoms with E-state index in [4.69, 9.17) is 4.74 Å². The molecule has 0 N–H and O–H groups in total. The van der Waals surface area contributed by atoms with Crippen molar-refractivity contribution < 1.29 is 9.53 Å². The number of benzene rings is 2. The molecule has 0 spiro atoms. The molecule has 2 aromatic carbocycles. The quantitative estimate of drug-likeness (QED) is 0.597. The number of ether oxygens (including phenoxy) is 1. The first-order chi connectivity index (χ1) is 8.74. The summed E-state index contributed by atoms with van der Waals surface area (Å²) in [6, 6.07) is 13.6. The number of carbonyl (C=O) groups is 1. The van der Waals surface area contributed by atoms with Crippen LogP contribution in [-0.2, 0) is 4.74 Å². The minimum absolute atomic E-state index is 0.0504. The summed E-state index contributed by atoms with van der Waals surface area (Å²) in [7, 11) is 0. The monoisotopic (exact) mass is 239 g/mol. The third-order valence-corrected chi connectivity index (χ3v) is 3.07. The van der Waals surface area contributed by atoms with Gasteiger partial charge in [-0.2, -0.15) is 0 Å². The second-order valence-corrected chi connectivity index (χ2v) is 4.44. The van der Waals surface area contributed by atoms with Gasteiger partial charge >= 0.3 is 0 Å². The van der Waals surface area contributed by atoms with E-state index in [-0.39, 0.29) is 12.0 Å². The number of aliphatic imine (C=N–C) groups is 1. The molecule has 0 saturated carbocycles. The van der Waals surface area contributed by atoms with Crippen molar-refractivity contribution in [3.8, 4) is 0 Å². The maximum Gasteiger partial charge on any atom is 0.277 e. The van der Waals surface area contributed by atoms with E-state index in [1.807, 2.05) is 49.4 Å². The van der Waals surface area contributed by atoms with E-state index < -0.39 is 0 Å². The molecule has 1 aliphatic heterocycles. The molecule has 18 heavy (non-hydrogen) atoms. The number of amides is 1. The van der Waals surface area contributed by atoms with E-state index in [2.05, 4.69) is 4.99 Å². The lowest BCUT2D eigenvalue weighted by molar-refractivity contribution is 0.100. The van der Waals surface area contributed by atoms with Gasteiger partial charge in [0.2, 0.25) is 0 Å². The zero-order valence-corrected chi connectivity index (χ0v) is 10.1. The highest BCUT2D eigenvalue weighted by molar-refractivity contribution is 6.06. The van der Waals surface area contributed by atoms with Gasteiger partial charge in [0.05, 0.1) is 12.3 Å². The summed E-state index contributed by atoms with van der Waals surface area (Å²) in [6.07, 6.45) is 0.0504. The summed E-state index contributed by atoms with van der Waals surface area (Å²) in [6.45, 7) is 2.51. The molecule has 0 radical (unpaired) electrons. The van der Waals surface area contributed by atoms with Gasteiger partial charge in [-0.15, -0.1) is 0 Å². The van der Waals surface area contributed by atoms with Gasteiger partial charge in [0.1, 0.15) is 6.10 Å². The molecule has 1 atom stereocenters. The van der Waals surface area contributed by atoms with Crippen LogP contribution in [0.5, 0.6) is 0 Å². The van der Waals surface area contributed by atoms with Crippen molar-refractivity contribution in [3.63, 3.8) is 0 Å². The van der Waals surface area contributed by atoms with E-state index in [1.54, 1.807) is 0 Å². The number of hydrogen-bond donors (Lipinski definition) is 0. The smallest absolute Gasteiger partial charge is 0.277 e. The molecule has 0 aromatic heterocycles. The maximum absolute atomic E-state index is 12.0. The summed E-state index contributed by atoms with van der Waals surface area (Å²) in [5.74, 6) is -0.200. The number of carbonyl (C=O) groups excluding carboxylic acids is 1. The number of nitrogens with zero attached hydrogens (tertiary/aromatic N) is 1. The average molecular weight is 239 g/mol. The van der Waals surface area contributed by atoms with Gasteiger partial charge < -0.3 is 4.74 Å². The Morgan fingerprint density at radius 3 is 2.67 bits per heavy atom. The van der Waals surface area contributed by atoms with Crippen LogP contribution < -0.4 is 0 Å². The lowest BCUT2D eigenvalue weighted by atomic mass is 10.1. The lowest BCUT2D eigenvalue weighted by Crippen LogP contribution is -2.06. The van der Waals surface area contributed by atoms with Gasteiger partial charge in [0.15, 0.2) is 0 Å². The number of fused-ring (bicyclic) bond motifs is 1. The summed E-state index contributed by atoms with van der Waals surface area (Å²) in [5.41, 5.74) is 1.38. The highest BCUT2D eigenvalue weighted by Crippen LogP contribution is 2.17. The van der Waals surface area contributed by atoms with Gasteiger partial charge in [0, 0.05) is 5.56 Å². The minimum atomic E-state index is -0.200. The zero-order valence-electron chi connectivity index (χ0n) is 10.1. The Balaban J connectivity index is 1.93. The van der Waals surface area contributed by atoms with Gasteiger partial charge in [-0.3, -0.25) is 4.79 Å². The molecule has 1 saturated heterocycles. The fraction of sp³-hybridized carbons (Fsp3) is 0.200. The van der Waals surface area contributed by atoms with E-state index in [1.165, 1.54) is 0 Å². The standard InChI is InChI=1S/C15H13NO2/c1-10(14-9-18-14)16-15(17)13-7-6-11-4-2-3-5-12(11)8-13/h2-8,14H,9H2,1H3/b16-10+. The normalized spacial score (nSPS) is 18.9. The van der Waals surface area contributed by atoms with Crippen LogP contribution in [0, 0.1) is 0 Å². The molecule has 90 valence electrons. The largest absolute Gasteiger partial charge is 0.367 e. The summed E-state index contributed by atoms with van der Waals surface area (Å²) >= 11 is 0. The first-order valence-electron chi connectivity index (χ1n) is 5.94. The van der Waals surface area contributed by atoms with Gasteiger partial charge in [-0.25, -0.2) is 4.99 Å². The molecule has 0 bridgehead atoms. The summed E-state index contributed by atoms with van der Waals surface area (Å²) in [4.78, 5) is 16.1. The second-order valence-electron chi connectivity index (χ2n) is 4.44. The molecule has 1 aliphatic rings. The minimum Gasteiger partial charge on any atom is -0.367 e. The predicted octanol–water partition coefficient (Wildman–Crippen LogP) is 2.84. The first-order valence-corrected chi connectivity index (χ1v) is 5.94. The summed E-state index contributed by atoms with van der Waals surface area (Å²) < 4.78 is 5.09. The molecule has 2 aromatic rings. The Morgan fingerprint density at radius 1 is 1.22 bits per heavy atom. The average Bonchev–Trinajstić information content (AvgIpc) is 3.22. The topological polar surface area (TPSA) is 42.0 Å². The Morgan fingerprint density at radius 2 is 1.94 bits per heavy atom. The number of rotatable bonds is 2. The first kappa shape index (κ1) is 11.1. The van der Waals surface area contributed by atoms with Gasteiger partial charge in [-0.1, -0.05) is 30.3 Å². The third-order valence-electron chi connectivity index (χ3n) is 3.07. The number of epoxide rings is 1. The molecular formula is C15H13NO2. The van der Waals surface area contributed by atoms with Gasteiger partial charge in [0.25, 0.3) is 5.91 Å². The predicted molar refractivity (Wildman–Crippen MR) is 71.1 cm³/mol. The van der Waals surface area contributed by atoms with Crippen LogP contribution in [0.25, 0.3) is 10.8 Å². The van der Waals surface area contributed by atoms with Crippen molar-refractivity contribution in [3.05, 3.63) is 48.0 Å².